The molecule has 3 rings (SSSR count). The molecule has 0 saturated heterocycles. The molecule has 0 unspecified atom stereocenters. The van der Waals surface area contributed by atoms with Crippen molar-refractivity contribution in [1.82, 2.24) is 19.3 Å². The van der Waals surface area contributed by atoms with Crippen molar-refractivity contribution < 1.29 is 8.78 Å². The van der Waals surface area contributed by atoms with Crippen molar-refractivity contribution >= 4 is 5.82 Å². The molecule has 2 aromatic heterocycles. The zero-order chi connectivity index (χ0) is 20.3. The molecule has 0 fully saturated rings. The number of aromatic nitrogens is 4. The van der Waals surface area contributed by atoms with E-state index in [0.717, 1.165) is 21.6 Å². The molecule has 9 heteroatoms. The molecule has 0 saturated carbocycles. The molecule has 3 aromatic rings. The first kappa shape index (κ1) is 19.4. The standard InChI is InChI=1S/C19H20F2N6O/c1-25(2)17-7-6-14(10-23-17)13-4-3-5-16(8-13)26-12-24-27(19(26)28)11-15(9-22)18(20)21/h3-8,10,12H,9,11,22H2,1-2H3. The van der Waals surface area contributed by atoms with E-state index >= 15 is 0 Å². The van der Waals surface area contributed by atoms with Crippen LogP contribution in [-0.4, -0.2) is 40.0 Å². The van der Waals surface area contributed by atoms with Gasteiger partial charge in [-0.05, 0) is 29.8 Å². The van der Waals surface area contributed by atoms with Crippen LogP contribution in [0.1, 0.15) is 0 Å². The number of halogens is 2. The van der Waals surface area contributed by atoms with Gasteiger partial charge in [-0.3, -0.25) is 0 Å². The third-order valence-corrected chi connectivity index (χ3v) is 4.25. The minimum absolute atomic E-state index is 0.326. The average Bonchev–Trinajstić information content (AvgIpc) is 3.06. The van der Waals surface area contributed by atoms with Gasteiger partial charge in [-0.25, -0.2) is 19.0 Å². The van der Waals surface area contributed by atoms with Gasteiger partial charge in [0.15, 0.2) is 0 Å². The van der Waals surface area contributed by atoms with Crippen LogP contribution in [0.3, 0.4) is 0 Å². The maximum atomic E-state index is 12.8. The Morgan fingerprint density at radius 3 is 2.57 bits per heavy atom. The second kappa shape index (κ2) is 8.13. The maximum Gasteiger partial charge on any atom is 0.350 e. The lowest BCUT2D eigenvalue weighted by Crippen LogP contribution is -2.26. The first-order valence-corrected chi connectivity index (χ1v) is 8.52. The van der Waals surface area contributed by atoms with Crippen LogP contribution in [0.2, 0.25) is 0 Å². The van der Waals surface area contributed by atoms with E-state index in [-0.39, 0.29) is 18.7 Å². The van der Waals surface area contributed by atoms with Crippen LogP contribution in [0.15, 0.2) is 65.4 Å². The molecular formula is C19H20F2N6O. The molecule has 0 aliphatic heterocycles. The highest BCUT2D eigenvalue weighted by Crippen LogP contribution is 2.22. The lowest BCUT2D eigenvalue weighted by atomic mass is 10.1. The summed E-state index contributed by atoms with van der Waals surface area (Å²) < 4.78 is 27.9. The predicted octanol–water partition coefficient (Wildman–Crippen LogP) is 2.27. The van der Waals surface area contributed by atoms with Crippen LogP contribution in [0.25, 0.3) is 16.8 Å². The second-order valence-electron chi connectivity index (χ2n) is 6.36. The van der Waals surface area contributed by atoms with E-state index in [1.54, 1.807) is 18.3 Å². The van der Waals surface area contributed by atoms with Crippen molar-refractivity contribution in [2.75, 3.05) is 25.5 Å². The zero-order valence-corrected chi connectivity index (χ0v) is 15.5. The van der Waals surface area contributed by atoms with Crippen molar-refractivity contribution in [3.8, 4) is 16.8 Å². The van der Waals surface area contributed by atoms with E-state index in [9.17, 15) is 13.6 Å². The van der Waals surface area contributed by atoms with Crippen LogP contribution in [-0.2, 0) is 6.54 Å². The van der Waals surface area contributed by atoms with Crippen molar-refractivity contribution in [3.63, 3.8) is 0 Å². The summed E-state index contributed by atoms with van der Waals surface area (Å²) in [7, 11) is 3.82. The normalized spacial score (nSPS) is 10.8. The number of nitrogens with two attached hydrogens (primary N) is 1. The average molecular weight is 386 g/mol. The fraction of sp³-hybridized carbons (Fsp3) is 0.211. The first-order valence-electron chi connectivity index (χ1n) is 8.52. The molecule has 0 atom stereocenters. The Morgan fingerprint density at radius 1 is 1.18 bits per heavy atom. The summed E-state index contributed by atoms with van der Waals surface area (Å²) in [6, 6.07) is 11.1. The molecule has 0 amide bonds. The van der Waals surface area contributed by atoms with E-state index in [2.05, 4.69) is 10.1 Å². The number of benzene rings is 1. The Labute approximate surface area is 160 Å². The number of hydrogen-bond acceptors (Lipinski definition) is 5. The summed E-state index contributed by atoms with van der Waals surface area (Å²) >= 11 is 0. The summed E-state index contributed by atoms with van der Waals surface area (Å²) in [6.45, 7) is -0.687. The molecule has 2 N–H and O–H groups in total. The van der Waals surface area contributed by atoms with Gasteiger partial charge in [0.2, 0.25) is 0 Å². The van der Waals surface area contributed by atoms with Gasteiger partial charge in [0.1, 0.15) is 12.1 Å². The summed E-state index contributed by atoms with van der Waals surface area (Å²) in [5, 5.41) is 3.92. The molecule has 28 heavy (non-hydrogen) atoms. The van der Waals surface area contributed by atoms with Gasteiger partial charge in [-0.15, -0.1) is 0 Å². The van der Waals surface area contributed by atoms with Gasteiger partial charge < -0.3 is 10.6 Å². The highest BCUT2D eigenvalue weighted by molar-refractivity contribution is 5.66. The van der Waals surface area contributed by atoms with Crippen LogP contribution in [0.5, 0.6) is 0 Å². The number of rotatable bonds is 6. The summed E-state index contributed by atoms with van der Waals surface area (Å²) in [6.07, 6.45) is 1.17. The third kappa shape index (κ3) is 3.99. The molecule has 0 radical (unpaired) electrons. The predicted molar refractivity (Wildman–Crippen MR) is 104 cm³/mol. The van der Waals surface area contributed by atoms with Gasteiger partial charge in [0.25, 0.3) is 6.08 Å². The smallest absolute Gasteiger partial charge is 0.350 e. The lowest BCUT2D eigenvalue weighted by Gasteiger charge is -2.11. The highest BCUT2D eigenvalue weighted by atomic mass is 19.3. The number of anilines is 1. The number of nitrogens with zero attached hydrogens (tertiary/aromatic N) is 5. The first-order chi connectivity index (χ1) is 13.4. The van der Waals surface area contributed by atoms with E-state index in [4.69, 9.17) is 5.73 Å². The van der Waals surface area contributed by atoms with Crippen molar-refractivity contribution in [1.29, 1.82) is 0 Å². The van der Waals surface area contributed by atoms with Gasteiger partial charge in [0.05, 0.1) is 12.2 Å². The molecule has 0 aliphatic rings. The van der Waals surface area contributed by atoms with E-state index in [0.29, 0.717) is 5.69 Å². The summed E-state index contributed by atoms with van der Waals surface area (Å²) in [4.78, 5) is 18.8. The quantitative estimate of drug-likeness (QED) is 0.703. The lowest BCUT2D eigenvalue weighted by molar-refractivity contribution is 0.400. The fourth-order valence-electron chi connectivity index (χ4n) is 2.66. The summed E-state index contributed by atoms with van der Waals surface area (Å²) in [5.74, 6) is 0.834. The van der Waals surface area contributed by atoms with Gasteiger partial charge >= 0.3 is 5.69 Å². The van der Waals surface area contributed by atoms with Crippen molar-refractivity contribution in [2.24, 2.45) is 5.73 Å². The fourth-order valence-corrected chi connectivity index (χ4v) is 2.66. The van der Waals surface area contributed by atoms with Crippen LogP contribution >= 0.6 is 0 Å². The molecule has 0 spiro atoms. The second-order valence-corrected chi connectivity index (χ2v) is 6.36. The van der Waals surface area contributed by atoms with Crippen molar-refractivity contribution in [3.05, 3.63) is 71.1 Å². The largest absolute Gasteiger partial charge is 0.363 e. The minimum atomic E-state index is -1.89. The molecular weight excluding hydrogens is 366 g/mol. The van der Waals surface area contributed by atoms with Crippen LogP contribution in [0, 0.1) is 0 Å². The zero-order valence-electron chi connectivity index (χ0n) is 15.5. The Hall–Kier alpha value is -3.33. The van der Waals surface area contributed by atoms with Crippen LogP contribution in [0.4, 0.5) is 14.6 Å². The topological polar surface area (TPSA) is 82.0 Å². The monoisotopic (exact) mass is 386 g/mol. The highest BCUT2D eigenvalue weighted by Gasteiger charge is 2.12. The van der Waals surface area contributed by atoms with Gasteiger partial charge in [-0.1, -0.05) is 12.1 Å². The Bertz CT molecular complexity index is 1050. The van der Waals surface area contributed by atoms with Gasteiger partial charge in [0, 0.05) is 38.0 Å². The molecule has 0 aliphatic carbocycles. The molecule has 1 aromatic carbocycles. The molecule has 146 valence electrons. The molecule has 0 bridgehead atoms. The maximum absolute atomic E-state index is 12.8. The SMILES string of the molecule is CN(C)c1ccc(-c2cccc(-n3cnn(CC(CN)=C(F)F)c3=O)c2)cn1. The van der Waals surface area contributed by atoms with Crippen molar-refractivity contribution in [2.45, 2.75) is 6.54 Å². The minimum Gasteiger partial charge on any atom is -0.363 e. The Kier molecular flexibility index (Phi) is 5.65. The third-order valence-electron chi connectivity index (χ3n) is 4.25. The number of hydrogen-bond donors (Lipinski definition) is 1. The number of pyridine rings is 1. The van der Waals surface area contributed by atoms with Crippen LogP contribution < -0.4 is 16.3 Å². The van der Waals surface area contributed by atoms with E-state index in [1.807, 2.05) is 43.3 Å². The Balaban J connectivity index is 1.93. The summed E-state index contributed by atoms with van der Waals surface area (Å²) in [5.41, 5.74) is 6.79. The van der Waals surface area contributed by atoms with E-state index < -0.39 is 11.8 Å². The molecule has 7 nitrogen and oxygen atoms in total. The van der Waals surface area contributed by atoms with Gasteiger partial charge in [-0.2, -0.15) is 13.9 Å². The van der Waals surface area contributed by atoms with E-state index in [1.165, 1.54) is 10.9 Å². The molecule has 2 heterocycles. The Morgan fingerprint density at radius 2 is 1.96 bits per heavy atom.